The van der Waals surface area contributed by atoms with Crippen LogP contribution in [0.1, 0.15) is 5.56 Å². The fourth-order valence-electron chi connectivity index (χ4n) is 3.14. The minimum absolute atomic E-state index is 0.312. The SMILES string of the molecule is Nc1ncnc(Nc2ccc(Oc3ccccc3)cc2)c1C=NOCCN1CCOCC1. The molecule has 1 aliphatic rings. The van der Waals surface area contributed by atoms with Gasteiger partial charge in [0.25, 0.3) is 0 Å². The van der Waals surface area contributed by atoms with Crippen LogP contribution in [0.15, 0.2) is 66.1 Å². The van der Waals surface area contributed by atoms with Crippen LogP contribution in [0.25, 0.3) is 0 Å². The minimum atomic E-state index is 0.312. The zero-order chi connectivity index (χ0) is 22.0. The number of hydrogen-bond acceptors (Lipinski definition) is 9. The molecule has 0 radical (unpaired) electrons. The quantitative estimate of drug-likeness (QED) is 0.300. The molecule has 0 saturated carbocycles. The maximum Gasteiger partial charge on any atom is 0.144 e. The summed E-state index contributed by atoms with van der Waals surface area (Å²) in [6.45, 7) is 4.62. The number of oxime groups is 1. The van der Waals surface area contributed by atoms with Crippen LogP contribution in [0.2, 0.25) is 0 Å². The van der Waals surface area contributed by atoms with Crippen LogP contribution in [0.4, 0.5) is 17.3 Å². The number of morpholine rings is 1. The molecule has 166 valence electrons. The van der Waals surface area contributed by atoms with Crippen molar-refractivity contribution in [1.82, 2.24) is 14.9 Å². The van der Waals surface area contributed by atoms with Crippen LogP contribution >= 0.6 is 0 Å². The molecule has 1 saturated heterocycles. The van der Waals surface area contributed by atoms with E-state index in [9.17, 15) is 0 Å². The van der Waals surface area contributed by atoms with Gasteiger partial charge in [0.05, 0.1) is 25.0 Å². The van der Waals surface area contributed by atoms with Gasteiger partial charge in [-0.1, -0.05) is 23.4 Å². The molecule has 0 unspecified atom stereocenters. The number of hydrogen-bond donors (Lipinski definition) is 2. The van der Waals surface area contributed by atoms with Gasteiger partial charge < -0.3 is 25.4 Å². The van der Waals surface area contributed by atoms with Crippen molar-refractivity contribution < 1.29 is 14.3 Å². The lowest BCUT2D eigenvalue weighted by Gasteiger charge is -2.25. The van der Waals surface area contributed by atoms with Gasteiger partial charge in [0, 0.05) is 25.3 Å². The number of nitrogens with one attached hydrogen (secondary N) is 1. The maximum atomic E-state index is 6.04. The van der Waals surface area contributed by atoms with Crippen LogP contribution in [-0.2, 0) is 9.57 Å². The summed E-state index contributed by atoms with van der Waals surface area (Å²) < 4.78 is 11.2. The molecule has 0 atom stereocenters. The predicted octanol–water partition coefficient (Wildman–Crippen LogP) is 3.28. The molecule has 0 amide bonds. The first kappa shape index (κ1) is 21.5. The Morgan fingerprint density at radius 2 is 1.78 bits per heavy atom. The van der Waals surface area contributed by atoms with E-state index in [0.29, 0.717) is 23.8 Å². The highest BCUT2D eigenvalue weighted by Crippen LogP contribution is 2.25. The molecule has 9 nitrogen and oxygen atoms in total. The Kier molecular flexibility index (Phi) is 7.46. The fourth-order valence-corrected chi connectivity index (χ4v) is 3.14. The van der Waals surface area contributed by atoms with E-state index in [4.69, 9.17) is 20.0 Å². The topological polar surface area (TPSA) is 107 Å². The molecule has 0 spiro atoms. The van der Waals surface area contributed by atoms with Gasteiger partial charge >= 0.3 is 0 Å². The van der Waals surface area contributed by atoms with Gasteiger partial charge in [-0.25, -0.2) is 9.97 Å². The van der Waals surface area contributed by atoms with E-state index in [1.54, 1.807) is 0 Å². The molecule has 32 heavy (non-hydrogen) atoms. The van der Waals surface area contributed by atoms with Crippen LogP contribution in [0.3, 0.4) is 0 Å². The molecule has 9 heteroatoms. The summed E-state index contributed by atoms with van der Waals surface area (Å²) in [6, 6.07) is 17.2. The van der Waals surface area contributed by atoms with Crippen LogP contribution in [0.5, 0.6) is 11.5 Å². The average Bonchev–Trinajstić information content (AvgIpc) is 2.83. The highest BCUT2D eigenvalue weighted by atomic mass is 16.6. The number of nitrogen functional groups attached to an aromatic ring is 1. The van der Waals surface area contributed by atoms with Gasteiger partial charge in [0.2, 0.25) is 0 Å². The summed E-state index contributed by atoms with van der Waals surface area (Å²) in [5.74, 6) is 2.37. The molecule has 3 aromatic rings. The lowest BCUT2D eigenvalue weighted by molar-refractivity contribution is 0.0214. The van der Waals surface area contributed by atoms with Crippen LogP contribution in [-0.4, -0.2) is 60.5 Å². The predicted molar refractivity (Wildman–Crippen MR) is 123 cm³/mol. The largest absolute Gasteiger partial charge is 0.457 e. The van der Waals surface area contributed by atoms with E-state index in [1.165, 1.54) is 12.5 Å². The van der Waals surface area contributed by atoms with Crippen LogP contribution < -0.4 is 15.8 Å². The van der Waals surface area contributed by atoms with E-state index in [-0.39, 0.29) is 0 Å². The third kappa shape index (κ3) is 6.16. The van der Waals surface area contributed by atoms with Crippen molar-refractivity contribution >= 4 is 23.5 Å². The normalized spacial score (nSPS) is 14.4. The Morgan fingerprint density at radius 1 is 1.03 bits per heavy atom. The third-order valence-electron chi connectivity index (χ3n) is 4.87. The van der Waals surface area contributed by atoms with Crippen LogP contribution in [0, 0.1) is 0 Å². The average molecular weight is 435 g/mol. The summed E-state index contributed by atoms with van der Waals surface area (Å²) in [7, 11) is 0. The van der Waals surface area contributed by atoms with E-state index < -0.39 is 0 Å². The Balaban J connectivity index is 1.34. The fraction of sp³-hybridized carbons (Fsp3) is 0.261. The van der Waals surface area contributed by atoms with E-state index in [0.717, 1.165) is 50.0 Å². The lowest BCUT2D eigenvalue weighted by atomic mass is 10.2. The number of para-hydroxylation sites is 1. The standard InChI is InChI=1S/C23H26N6O3/c24-22-21(16-27-31-15-12-29-10-13-30-14-11-29)23(26-17-25-22)28-18-6-8-20(9-7-18)32-19-4-2-1-3-5-19/h1-9,16-17H,10-15H2,(H3,24,25,26,28). The molecule has 2 aromatic carbocycles. The first-order valence-electron chi connectivity index (χ1n) is 10.4. The Labute approximate surface area is 186 Å². The second-order valence-corrected chi connectivity index (χ2v) is 7.11. The highest BCUT2D eigenvalue weighted by molar-refractivity contribution is 5.92. The van der Waals surface area contributed by atoms with Gasteiger partial charge in [0.1, 0.15) is 36.1 Å². The number of ether oxygens (including phenoxy) is 2. The first-order chi connectivity index (χ1) is 15.8. The number of aromatic nitrogens is 2. The summed E-state index contributed by atoms with van der Waals surface area (Å²) in [5.41, 5.74) is 7.42. The van der Waals surface area contributed by atoms with Gasteiger partial charge in [0.15, 0.2) is 0 Å². The van der Waals surface area contributed by atoms with Gasteiger partial charge in [-0.3, -0.25) is 4.90 Å². The molecule has 0 aliphatic carbocycles. The molecule has 2 heterocycles. The smallest absolute Gasteiger partial charge is 0.144 e. The minimum Gasteiger partial charge on any atom is -0.457 e. The second kappa shape index (κ2) is 11.1. The van der Waals surface area contributed by atoms with Crippen molar-refractivity contribution in [2.24, 2.45) is 5.16 Å². The maximum absolute atomic E-state index is 6.04. The number of nitrogens with two attached hydrogens (primary N) is 1. The molecule has 4 rings (SSSR count). The molecule has 0 bridgehead atoms. The zero-order valence-electron chi connectivity index (χ0n) is 17.7. The van der Waals surface area contributed by atoms with Gasteiger partial charge in [-0.05, 0) is 36.4 Å². The van der Waals surface area contributed by atoms with Gasteiger partial charge in [-0.2, -0.15) is 0 Å². The summed E-state index contributed by atoms with van der Waals surface area (Å²) >= 11 is 0. The second-order valence-electron chi connectivity index (χ2n) is 7.11. The Morgan fingerprint density at radius 3 is 2.56 bits per heavy atom. The molecular weight excluding hydrogens is 408 g/mol. The van der Waals surface area contributed by atoms with Crippen molar-refractivity contribution in [2.75, 3.05) is 50.5 Å². The first-order valence-corrected chi connectivity index (χ1v) is 10.4. The number of rotatable bonds is 9. The number of nitrogens with zero attached hydrogens (tertiary/aromatic N) is 4. The van der Waals surface area contributed by atoms with Gasteiger partial charge in [-0.15, -0.1) is 0 Å². The number of benzene rings is 2. The zero-order valence-corrected chi connectivity index (χ0v) is 17.7. The van der Waals surface area contributed by atoms with Crippen molar-refractivity contribution in [2.45, 2.75) is 0 Å². The summed E-state index contributed by atoms with van der Waals surface area (Å²) in [4.78, 5) is 16.0. The van der Waals surface area contributed by atoms with Crippen molar-refractivity contribution in [3.8, 4) is 11.5 Å². The van der Waals surface area contributed by atoms with E-state index in [2.05, 4.69) is 25.3 Å². The van der Waals surface area contributed by atoms with E-state index in [1.807, 2.05) is 54.6 Å². The van der Waals surface area contributed by atoms with Crippen molar-refractivity contribution in [3.05, 3.63) is 66.5 Å². The van der Waals surface area contributed by atoms with E-state index >= 15 is 0 Å². The molecule has 3 N–H and O–H groups in total. The highest BCUT2D eigenvalue weighted by Gasteiger charge is 2.10. The third-order valence-corrected chi connectivity index (χ3v) is 4.87. The molecule has 1 fully saturated rings. The Bertz CT molecular complexity index is 1010. The summed E-state index contributed by atoms with van der Waals surface area (Å²) in [6.07, 6.45) is 2.94. The lowest BCUT2D eigenvalue weighted by Crippen LogP contribution is -2.38. The Hall–Kier alpha value is -3.69. The molecular formula is C23H26N6O3. The summed E-state index contributed by atoms with van der Waals surface area (Å²) in [5, 5.41) is 7.29. The van der Waals surface area contributed by atoms with Crippen molar-refractivity contribution in [3.63, 3.8) is 0 Å². The van der Waals surface area contributed by atoms with Crippen molar-refractivity contribution in [1.29, 1.82) is 0 Å². The molecule has 1 aliphatic heterocycles. The number of anilines is 3. The monoisotopic (exact) mass is 434 g/mol. The molecule has 1 aromatic heterocycles.